The van der Waals surface area contributed by atoms with Crippen molar-refractivity contribution in [1.29, 1.82) is 0 Å². The lowest BCUT2D eigenvalue weighted by atomic mass is 9.85. The molecule has 0 bridgehead atoms. The molecule has 0 amide bonds. The highest BCUT2D eigenvalue weighted by molar-refractivity contribution is 7.13. The first-order valence-electron chi connectivity index (χ1n) is 16.8. The molecule has 1 saturated carbocycles. The molecule has 1 saturated heterocycles. The van der Waals surface area contributed by atoms with Crippen molar-refractivity contribution in [2.75, 3.05) is 46.2 Å². The van der Waals surface area contributed by atoms with Crippen molar-refractivity contribution < 1.29 is 50.3 Å². The van der Waals surface area contributed by atoms with Crippen molar-refractivity contribution >= 4 is 17.1 Å². The Morgan fingerprint density at radius 2 is 1.56 bits per heavy atom. The van der Waals surface area contributed by atoms with Crippen molar-refractivity contribution in [3.63, 3.8) is 0 Å². The van der Waals surface area contributed by atoms with Gasteiger partial charge in [0.1, 0.15) is 42.4 Å². The van der Waals surface area contributed by atoms with Crippen LogP contribution in [0.5, 0.6) is 0 Å². The van der Waals surface area contributed by atoms with Crippen LogP contribution in [0.4, 0.5) is 0 Å². The van der Waals surface area contributed by atoms with Gasteiger partial charge in [0, 0.05) is 20.5 Å². The van der Waals surface area contributed by atoms with Gasteiger partial charge in [-0.15, -0.1) is 21.5 Å². The number of ketones is 1. The minimum atomic E-state index is -1.46. The Balaban J connectivity index is 0.00000265. The average molecular weight is 699 g/mol. The van der Waals surface area contributed by atoms with Gasteiger partial charge in [-0.1, -0.05) is 24.3 Å². The summed E-state index contributed by atoms with van der Waals surface area (Å²) in [7, 11) is 1.25. The van der Waals surface area contributed by atoms with Gasteiger partial charge in [0.2, 0.25) is 0 Å². The normalized spacial score (nSPS) is 22.9. The number of ether oxygens (including phenoxy) is 5. The van der Waals surface area contributed by atoms with E-state index in [4.69, 9.17) is 25.1 Å². The maximum atomic E-state index is 12.6. The SMILES string of the molecule is O=C(COCc1cn(CCOCCOCCOCc2cn(CC3CCC3)nn2)nn1)c1cnc(CC2OC(CO)C(O)C(O)C2O)s1.[2H]C. The van der Waals surface area contributed by atoms with Gasteiger partial charge in [-0.3, -0.25) is 9.48 Å². The molecular weight excluding hydrogens is 650 g/mol. The molecule has 0 aromatic carbocycles. The van der Waals surface area contributed by atoms with Gasteiger partial charge in [-0.2, -0.15) is 0 Å². The molecule has 3 aromatic rings. The molecule has 0 spiro atoms. The predicted octanol–water partition coefficient (Wildman–Crippen LogP) is -0.203. The summed E-state index contributed by atoms with van der Waals surface area (Å²) in [6.45, 7) is 3.46. The molecular formula is C30H47N7O10S. The molecule has 1 aliphatic carbocycles. The van der Waals surface area contributed by atoms with Crippen LogP contribution in [0.15, 0.2) is 18.6 Å². The van der Waals surface area contributed by atoms with Crippen molar-refractivity contribution in [1.82, 2.24) is 35.0 Å². The lowest BCUT2D eigenvalue weighted by molar-refractivity contribution is -0.228. The summed E-state index contributed by atoms with van der Waals surface area (Å²) in [4.78, 5) is 17.1. The third-order valence-electron chi connectivity index (χ3n) is 7.98. The van der Waals surface area contributed by atoms with Crippen molar-refractivity contribution in [3.05, 3.63) is 39.9 Å². The summed E-state index contributed by atoms with van der Waals surface area (Å²) in [5.41, 5.74) is 1.39. The van der Waals surface area contributed by atoms with E-state index in [1.807, 2.05) is 10.9 Å². The van der Waals surface area contributed by atoms with Gasteiger partial charge < -0.3 is 44.1 Å². The number of hydrogen-bond donors (Lipinski definition) is 4. The van der Waals surface area contributed by atoms with E-state index in [1.165, 1.54) is 32.9 Å². The van der Waals surface area contributed by atoms with E-state index >= 15 is 0 Å². The van der Waals surface area contributed by atoms with E-state index in [-0.39, 0.29) is 25.4 Å². The molecule has 48 heavy (non-hydrogen) atoms. The molecule has 5 unspecified atom stereocenters. The molecule has 5 atom stereocenters. The van der Waals surface area contributed by atoms with E-state index in [1.54, 1.807) is 10.9 Å². The van der Waals surface area contributed by atoms with Gasteiger partial charge in [-0.05, 0) is 18.8 Å². The molecule has 5 rings (SSSR count). The maximum absolute atomic E-state index is 12.6. The standard InChI is InChI=1S/C29H43N7O10S.CH4/c37-15-24-28(40)29(41)27(39)23(46-24)10-26-30-11-25(47-26)22(38)18-45-17-20-13-35(33-31-20)4-5-42-6-7-43-8-9-44-16-21-14-36(34-32-21)12-19-2-1-3-19;/h11,13-14,19,23-24,27-29,37,39-41H,1-10,12,15-18H2;1H4/i;1D. The monoisotopic (exact) mass is 698 g/mol. The molecule has 17 nitrogen and oxygen atoms in total. The zero-order valence-electron chi connectivity index (χ0n) is 28.1. The van der Waals surface area contributed by atoms with E-state index in [2.05, 4.69) is 25.6 Å². The number of rotatable bonds is 21. The number of hydrogen-bond acceptors (Lipinski definition) is 16. The number of carbonyl (C=O) groups is 1. The summed E-state index contributed by atoms with van der Waals surface area (Å²) in [6, 6.07) is 0. The quantitative estimate of drug-likeness (QED) is 0.0836. The van der Waals surface area contributed by atoms with Crippen LogP contribution < -0.4 is 0 Å². The van der Waals surface area contributed by atoms with Crippen LogP contribution in [0.1, 0.15) is 54.1 Å². The lowest BCUT2D eigenvalue weighted by Crippen LogP contribution is -2.58. The summed E-state index contributed by atoms with van der Waals surface area (Å²) < 4.78 is 37.1. The highest BCUT2D eigenvalue weighted by atomic mass is 32.1. The van der Waals surface area contributed by atoms with E-state index in [9.17, 15) is 25.2 Å². The second-order valence-electron chi connectivity index (χ2n) is 11.6. The zero-order chi connectivity index (χ0) is 35.0. The topological polar surface area (TPSA) is 218 Å². The molecule has 4 N–H and O–H groups in total. The van der Waals surface area contributed by atoms with Crippen LogP contribution in [0.25, 0.3) is 0 Å². The van der Waals surface area contributed by atoms with E-state index in [0.29, 0.717) is 61.8 Å². The molecule has 3 aromatic heterocycles. The largest absolute Gasteiger partial charge is 0.394 e. The van der Waals surface area contributed by atoms with Crippen LogP contribution in [0.3, 0.4) is 0 Å². The van der Waals surface area contributed by atoms with Gasteiger partial charge in [-0.25, -0.2) is 9.67 Å². The number of aliphatic hydroxyl groups excluding tert-OH is 4. The third-order valence-corrected chi connectivity index (χ3v) is 9.04. The molecule has 4 heterocycles. The molecule has 1 aliphatic heterocycles. The molecule has 0 radical (unpaired) electrons. The maximum Gasteiger partial charge on any atom is 0.200 e. The third kappa shape index (κ3) is 11.1. The van der Waals surface area contributed by atoms with E-state index < -0.39 is 37.1 Å². The molecule has 18 heteroatoms. The zero-order valence-corrected chi connectivity index (χ0v) is 27.9. The fourth-order valence-corrected chi connectivity index (χ4v) is 5.98. The number of aromatic nitrogens is 7. The second kappa shape index (κ2) is 19.4. The molecule has 2 fully saturated rings. The number of thiazole rings is 1. The Labute approximate surface area is 284 Å². The lowest BCUT2D eigenvalue weighted by Gasteiger charge is -2.39. The molecule has 2 aliphatic rings. The van der Waals surface area contributed by atoms with Crippen LogP contribution in [0.2, 0.25) is 0 Å². The fraction of sp³-hybridized carbons (Fsp3) is 0.733. The van der Waals surface area contributed by atoms with Crippen molar-refractivity contribution in [2.24, 2.45) is 5.92 Å². The molecule has 268 valence electrons. The van der Waals surface area contributed by atoms with Gasteiger partial charge >= 0.3 is 0 Å². The smallest absolute Gasteiger partial charge is 0.200 e. The van der Waals surface area contributed by atoms with Crippen LogP contribution in [0, 0.1) is 5.92 Å². The van der Waals surface area contributed by atoms with Crippen molar-refractivity contribution in [2.45, 2.75) is 89.9 Å². The fourth-order valence-electron chi connectivity index (χ4n) is 5.09. The van der Waals surface area contributed by atoms with Gasteiger partial charge in [0.05, 0.1) is 87.8 Å². The minimum absolute atomic E-state index is 0.0951. The van der Waals surface area contributed by atoms with Gasteiger partial charge in [0.25, 0.3) is 0 Å². The Morgan fingerprint density at radius 1 is 0.917 bits per heavy atom. The Morgan fingerprint density at radius 3 is 2.27 bits per heavy atom. The van der Waals surface area contributed by atoms with E-state index in [0.717, 1.165) is 29.5 Å². The average Bonchev–Trinajstić information content (AvgIpc) is 3.87. The summed E-state index contributed by atoms with van der Waals surface area (Å²) in [6.07, 6.45) is 2.89. The number of nitrogens with zero attached hydrogens (tertiary/aromatic N) is 7. The Kier molecular flexibility index (Phi) is 14.8. The summed E-state index contributed by atoms with van der Waals surface area (Å²) >= 11 is 1.12. The predicted molar refractivity (Wildman–Crippen MR) is 169 cm³/mol. The number of Topliss-reactive ketones (excluding diaryl/α,β-unsaturated/α-hetero) is 1. The van der Waals surface area contributed by atoms with Crippen LogP contribution in [-0.2, 0) is 56.4 Å². The summed E-state index contributed by atoms with van der Waals surface area (Å²) in [5, 5.41) is 56.4. The first-order valence-corrected chi connectivity index (χ1v) is 16.6. The number of aliphatic hydroxyl groups is 4. The van der Waals surface area contributed by atoms with Crippen LogP contribution in [-0.4, -0.2) is 138 Å². The second-order valence-corrected chi connectivity index (χ2v) is 12.7. The van der Waals surface area contributed by atoms with Crippen molar-refractivity contribution in [3.8, 4) is 0 Å². The first kappa shape index (κ1) is 36.5. The van der Waals surface area contributed by atoms with Gasteiger partial charge in [0.15, 0.2) is 5.78 Å². The van der Waals surface area contributed by atoms with Crippen LogP contribution >= 0.6 is 11.3 Å². The summed E-state index contributed by atoms with van der Waals surface area (Å²) in [5.74, 6) is 0.457. The Bertz CT molecular complexity index is 1370. The Hall–Kier alpha value is -2.78. The first-order chi connectivity index (χ1) is 23.9. The highest BCUT2D eigenvalue weighted by Gasteiger charge is 2.43. The highest BCUT2D eigenvalue weighted by Crippen LogP contribution is 2.28. The number of carbonyl (C=O) groups excluding carboxylic acids is 1. The minimum Gasteiger partial charge on any atom is -0.394 e.